The van der Waals surface area contributed by atoms with E-state index in [2.05, 4.69) is 4.74 Å². The van der Waals surface area contributed by atoms with Gasteiger partial charge >= 0.3 is 5.97 Å². The first-order chi connectivity index (χ1) is 4.18. The fourth-order valence-electron chi connectivity index (χ4n) is 0.144. The van der Waals surface area contributed by atoms with Gasteiger partial charge in [-0.1, -0.05) is 0 Å². The fraction of sp³-hybridized carbons (Fsp3) is 0.500. The van der Waals surface area contributed by atoms with Gasteiger partial charge in [-0.15, -0.1) is 0 Å². The minimum absolute atomic E-state index is 0.567. The standard InChI is InChI=1S/C4H6O3.H2O2/c1-3(5)4(6)7-2;1-2/h1-2H3;1-2H. The van der Waals surface area contributed by atoms with Gasteiger partial charge in [0.25, 0.3) is 0 Å². The maximum Gasteiger partial charge on any atom is 0.374 e. The lowest BCUT2D eigenvalue weighted by Gasteiger charge is -1.86. The number of ether oxygens (including phenoxy) is 1. The molecule has 0 fully saturated rings. The van der Waals surface area contributed by atoms with Gasteiger partial charge < -0.3 is 4.74 Å². The first-order valence-electron chi connectivity index (χ1n) is 1.97. The van der Waals surface area contributed by atoms with Crippen molar-refractivity contribution >= 4 is 11.8 Å². The second-order valence-corrected chi connectivity index (χ2v) is 1.05. The highest BCUT2D eigenvalue weighted by Crippen LogP contribution is 1.71. The number of esters is 1. The third kappa shape index (κ3) is 7.06. The quantitative estimate of drug-likeness (QED) is 0.225. The molecule has 0 unspecified atom stereocenters. The van der Waals surface area contributed by atoms with Crippen LogP contribution in [-0.2, 0) is 14.3 Å². The van der Waals surface area contributed by atoms with Crippen LogP contribution >= 0.6 is 0 Å². The van der Waals surface area contributed by atoms with Crippen LogP contribution < -0.4 is 0 Å². The molecule has 2 N–H and O–H groups in total. The highest BCUT2D eigenvalue weighted by Gasteiger charge is 2.03. The van der Waals surface area contributed by atoms with E-state index in [1.165, 1.54) is 7.11 Å². The van der Waals surface area contributed by atoms with Gasteiger partial charge in [-0.2, -0.15) is 0 Å². The van der Waals surface area contributed by atoms with E-state index in [1.54, 1.807) is 0 Å². The summed E-state index contributed by atoms with van der Waals surface area (Å²) in [5.41, 5.74) is 0. The molecule has 0 aliphatic rings. The van der Waals surface area contributed by atoms with Crippen LogP contribution in [0.3, 0.4) is 0 Å². The van der Waals surface area contributed by atoms with Crippen molar-refractivity contribution in [3.8, 4) is 0 Å². The molecule has 0 spiro atoms. The number of carbonyl (C=O) groups excluding carboxylic acids is 2. The van der Waals surface area contributed by atoms with E-state index >= 15 is 0 Å². The Morgan fingerprint density at radius 2 is 1.67 bits per heavy atom. The predicted octanol–water partition coefficient (Wildman–Crippen LogP) is -0.234. The normalized spacial score (nSPS) is 6.67. The number of rotatable bonds is 1. The number of hydrogen-bond acceptors (Lipinski definition) is 5. The van der Waals surface area contributed by atoms with Crippen LogP contribution in [0.25, 0.3) is 0 Å². The molecule has 0 rings (SSSR count). The highest BCUT2D eigenvalue weighted by molar-refractivity contribution is 6.32. The number of hydrogen-bond donors (Lipinski definition) is 2. The average molecular weight is 136 g/mol. The van der Waals surface area contributed by atoms with Crippen molar-refractivity contribution < 1.29 is 24.8 Å². The largest absolute Gasteiger partial charge is 0.463 e. The summed E-state index contributed by atoms with van der Waals surface area (Å²) in [6.07, 6.45) is 0. The van der Waals surface area contributed by atoms with Crippen molar-refractivity contribution in [3.63, 3.8) is 0 Å². The predicted molar refractivity (Wildman–Crippen MR) is 28.0 cm³/mol. The van der Waals surface area contributed by atoms with Crippen LogP contribution in [0, 0.1) is 0 Å². The first-order valence-corrected chi connectivity index (χ1v) is 1.97. The van der Waals surface area contributed by atoms with Crippen LogP contribution in [0.5, 0.6) is 0 Å². The number of carbonyl (C=O) groups is 2. The van der Waals surface area contributed by atoms with E-state index < -0.39 is 11.8 Å². The molecule has 54 valence electrons. The SMILES string of the molecule is COC(=O)C(C)=O.OO. The van der Waals surface area contributed by atoms with Crippen molar-refractivity contribution in [3.05, 3.63) is 0 Å². The van der Waals surface area contributed by atoms with Crippen LogP contribution in [0.4, 0.5) is 0 Å². The fourth-order valence-corrected chi connectivity index (χ4v) is 0.144. The van der Waals surface area contributed by atoms with Crippen molar-refractivity contribution in [1.82, 2.24) is 0 Å². The van der Waals surface area contributed by atoms with Gasteiger partial charge in [0.05, 0.1) is 7.11 Å². The molecule has 0 aromatic heterocycles. The monoisotopic (exact) mass is 136 g/mol. The molecule has 9 heavy (non-hydrogen) atoms. The minimum Gasteiger partial charge on any atom is -0.463 e. The Balaban J connectivity index is 0. The zero-order valence-corrected chi connectivity index (χ0v) is 5.12. The van der Waals surface area contributed by atoms with E-state index in [4.69, 9.17) is 10.5 Å². The van der Waals surface area contributed by atoms with Crippen molar-refractivity contribution in [2.45, 2.75) is 6.92 Å². The molecule has 5 heteroatoms. The lowest BCUT2D eigenvalue weighted by molar-refractivity contribution is -0.176. The van der Waals surface area contributed by atoms with Crippen LogP contribution in [0.2, 0.25) is 0 Å². The summed E-state index contributed by atoms with van der Waals surface area (Å²) in [6, 6.07) is 0. The molecule has 0 aromatic carbocycles. The highest BCUT2D eigenvalue weighted by atomic mass is 17.0. The lowest BCUT2D eigenvalue weighted by atomic mass is 10.5. The molecule has 0 aliphatic carbocycles. The molecular weight excluding hydrogens is 128 g/mol. The Morgan fingerprint density at radius 1 is 1.33 bits per heavy atom. The summed E-state index contributed by atoms with van der Waals surface area (Å²) in [5, 5.41) is 12.0. The molecule has 0 atom stereocenters. The smallest absolute Gasteiger partial charge is 0.374 e. The van der Waals surface area contributed by atoms with Gasteiger partial charge in [0.2, 0.25) is 5.78 Å². The molecule has 0 saturated heterocycles. The second-order valence-electron chi connectivity index (χ2n) is 1.05. The van der Waals surface area contributed by atoms with Crippen molar-refractivity contribution in [2.75, 3.05) is 7.11 Å². The Hall–Kier alpha value is -0.940. The maximum atomic E-state index is 9.94. The van der Waals surface area contributed by atoms with E-state index in [0.29, 0.717) is 0 Å². The minimum atomic E-state index is -0.792. The molecule has 5 nitrogen and oxygen atoms in total. The van der Waals surface area contributed by atoms with E-state index in [0.717, 1.165) is 6.92 Å². The third-order valence-corrected chi connectivity index (χ3v) is 0.473. The van der Waals surface area contributed by atoms with Gasteiger partial charge in [-0.3, -0.25) is 15.3 Å². The van der Waals surface area contributed by atoms with Gasteiger partial charge in [0, 0.05) is 6.92 Å². The van der Waals surface area contributed by atoms with Crippen molar-refractivity contribution in [1.29, 1.82) is 0 Å². The lowest BCUT2D eigenvalue weighted by Crippen LogP contribution is -2.10. The van der Waals surface area contributed by atoms with Crippen LogP contribution in [0.15, 0.2) is 0 Å². The van der Waals surface area contributed by atoms with Gasteiger partial charge in [-0.05, 0) is 0 Å². The van der Waals surface area contributed by atoms with Crippen molar-refractivity contribution in [2.24, 2.45) is 0 Å². The molecule has 0 amide bonds. The van der Waals surface area contributed by atoms with E-state index in [1.807, 2.05) is 0 Å². The summed E-state index contributed by atoms with van der Waals surface area (Å²) in [6.45, 7) is 1.16. The summed E-state index contributed by atoms with van der Waals surface area (Å²) in [5.74, 6) is -1.36. The Morgan fingerprint density at radius 3 is 1.67 bits per heavy atom. The van der Waals surface area contributed by atoms with E-state index in [-0.39, 0.29) is 0 Å². The maximum absolute atomic E-state index is 9.94. The Kier molecular flexibility index (Phi) is 8.58. The molecule has 0 radical (unpaired) electrons. The molecule has 0 heterocycles. The average Bonchev–Trinajstić information content (AvgIpc) is 1.91. The topological polar surface area (TPSA) is 83.8 Å². The zero-order valence-electron chi connectivity index (χ0n) is 5.12. The Bertz CT molecular complexity index is 97.1. The number of Topliss-reactive ketones (excluding diaryl/α,β-unsaturated/α-hetero) is 1. The zero-order chi connectivity index (χ0) is 7.86. The molecule has 0 aromatic rings. The van der Waals surface area contributed by atoms with Gasteiger partial charge in [0.15, 0.2) is 0 Å². The summed E-state index contributed by atoms with van der Waals surface area (Å²) in [7, 11) is 1.17. The molecular formula is C4H8O5. The number of methoxy groups -OCH3 is 1. The van der Waals surface area contributed by atoms with Gasteiger partial charge in [0.1, 0.15) is 0 Å². The summed E-state index contributed by atoms with van der Waals surface area (Å²) < 4.78 is 4.02. The summed E-state index contributed by atoms with van der Waals surface area (Å²) >= 11 is 0. The number of ketones is 1. The third-order valence-electron chi connectivity index (χ3n) is 0.473. The molecule has 0 saturated carbocycles. The van der Waals surface area contributed by atoms with E-state index in [9.17, 15) is 9.59 Å². The van der Waals surface area contributed by atoms with Crippen LogP contribution in [-0.4, -0.2) is 29.4 Å². The van der Waals surface area contributed by atoms with Gasteiger partial charge in [-0.25, -0.2) is 4.79 Å². The molecule has 0 bridgehead atoms. The second kappa shape index (κ2) is 7.06. The Labute approximate surface area is 51.8 Å². The van der Waals surface area contributed by atoms with Crippen LogP contribution in [0.1, 0.15) is 6.92 Å². The summed E-state index contributed by atoms with van der Waals surface area (Å²) in [4.78, 5) is 19.8. The first kappa shape index (κ1) is 10.9. The molecule has 0 aliphatic heterocycles.